The molecule has 0 bridgehead atoms. The highest BCUT2D eigenvalue weighted by atomic mass is 35.5. The molecular formula is C27H38ClN5OS. The SMILES string of the molecule is Cc1cc(-c2ccc3c(c2)CCN(CCCSc2nnc(C4CCC(C)CC4)n2C)CC3)no1.Cl. The number of fused-ring (bicyclic) bond motifs is 1. The van der Waals surface area contributed by atoms with Crippen molar-refractivity contribution in [3.63, 3.8) is 0 Å². The first-order chi connectivity index (χ1) is 16.6. The molecule has 0 amide bonds. The van der Waals surface area contributed by atoms with Crippen molar-refractivity contribution >= 4 is 24.2 Å². The van der Waals surface area contributed by atoms with E-state index in [2.05, 4.69) is 57.0 Å². The number of hydrogen-bond acceptors (Lipinski definition) is 6. The van der Waals surface area contributed by atoms with Gasteiger partial charge < -0.3 is 14.0 Å². The Hall–Kier alpha value is -1.83. The quantitative estimate of drug-likeness (QED) is 0.281. The van der Waals surface area contributed by atoms with Gasteiger partial charge in [0, 0.05) is 43.4 Å². The van der Waals surface area contributed by atoms with Crippen LogP contribution in [-0.4, -0.2) is 50.2 Å². The van der Waals surface area contributed by atoms with Crippen molar-refractivity contribution in [3.8, 4) is 11.3 Å². The summed E-state index contributed by atoms with van der Waals surface area (Å²) in [4.78, 5) is 2.62. The molecule has 1 aromatic carbocycles. The van der Waals surface area contributed by atoms with E-state index in [-0.39, 0.29) is 12.4 Å². The molecule has 0 unspecified atom stereocenters. The maximum absolute atomic E-state index is 5.26. The van der Waals surface area contributed by atoms with Crippen molar-refractivity contribution in [1.29, 1.82) is 0 Å². The highest BCUT2D eigenvalue weighted by molar-refractivity contribution is 7.99. The zero-order valence-corrected chi connectivity index (χ0v) is 22.8. The second kappa shape index (κ2) is 11.9. The second-order valence-electron chi connectivity index (χ2n) is 10.2. The van der Waals surface area contributed by atoms with Crippen LogP contribution in [-0.2, 0) is 19.9 Å². The summed E-state index contributed by atoms with van der Waals surface area (Å²) in [6.45, 7) is 7.70. The van der Waals surface area contributed by atoms with E-state index in [1.807, 2.05) is 24.8 Å². The molecule has 0 saturated heterocycles. The van der Waals surface area contributed by atoms with Crippen LogP contribution in [0.3, 0.4) is 0 Å². The van der Waals surface area contributed by atoms with Gasteiger partial charge in [0.25, 0.3) is 0 Å². The molecule has 1 aliphatic heterocycles. The topological polar surface area (TPSA) is 60.0 Å². The molecule has 2 aromatic heterocycles. The first-order valence-corrected chi connectivity index (χ1v) is 13.9. The van der Waals surface area contributed by atoms with Crippen LogP contribution in [0.25, 0.3) is 11.3 Å². The molecule has 3 heterocycles. The first kappa shape index (κ1) is 26.2. The molecule has 190 valence electrons. The van der Waals surface area contributed by atoms with E-state index in [1.54, 1.807) is 0 Å². The number of hydrogen-bond donors (Lipinski definition) is 0. The van der Waals surface area contributed by atoms with Gasteiger partial charge in [-0.1, -0.05) is 48.8 Å². The summed E-state index contributed by atoms with van der Waals surface area (Å²) < 4.78 is 7.52. The van der Waals surface area contributed by atoms with Gasteiger partial charge in [-0.15, -0.1) is 22.6 Å². The van der Waals surface area contributed by atoms with Gasteiger partial charge in [-0.05, 0) is 68.7 Å². The van der Waals surface area contributed by atoms with Gasteiger partial charge in [0.1, 0.15) is 17.3 Å². The predicted molar refractivity (Wildman–Crippen MR) is 144 cm³/mol. The van der Waals surface area contributed by atoms with E-state index in [9.17, 15) is 0 Å². The van der Waals surface area contributed by atoms with Crippen LogP contribution in [0.4, 0.5) is 0 Å². The van der Waals surface area contributed by atoms with Crippen LogP contribution in [0.5, 0.6) is 0 Å². The normalized spacial score (nSPS) is 20.8. The van der Waals surface area contributed by atoms with Gasteiger partial charge >= 0.3 is 0 Å². The average molecular weight is 516 g/mol. The lowest BCUT2D eigenvalue weighted by Gasteiger charge is -2.25. The first-order valence-electron chi connectivity index (χ1n) is 12.9. The Balaban J connectivity index is 0.00000289. The smallest absolute Gasteiger partial charge is 0.190 e. The maximum Gasteiger partial charge on any atom is 0.190 e. The van der Waals surface area contributed by atoms with E-state index >= 15 is 0 Å². The van der Waals surface area contributed by atoms with Gasteiger partial charge in [-0.25, -0.2) is 0 Å². The van der Waals surface area contributed by atoms with Crippen molar-refractivity contribution in [1.82, 2.24) is 24.8 Å². The lowest BCUT2D eigenvalue weighted by Crippen LogP contribution is -2.27. The summed E-state index contributed by atoms with van der Waals surface area (Å²) in [5.74, 6) is 4.60. The maximum atomic E-state index is 5.26. The number of nitrogens with zero attached hydrogens (tertiary/aromatic N) is 5. The van der Waals surface area contributed by atoms with Crippen molar-refractivity contribution in [2.24, 2.45) is 13.0 Å². The Kier molecular flexibility index (Phi) is 8.95. The van der Waals surface area contributed by atoms with Crippen molar-refractivity contribution in [3.05, 3.63) is 47.0 Å². The van der Waals surface area contributed by atoms with Crippen LogP contribution in [0.1, 0.15) is 67.7 Å². The Morgan fingerprint density at radius 3 is 2.54 bits per heavy atom. The van der Waals surface area contributed by atoms with Gasteiger partial charge in [0.2, 0.25) is 0 Å². The van der Waals surface area contributed by atoms with E-state index in [1.165, 1.54) is 49.1 Å². The molecule has 0 atom stereocenters. The molecule has 3 aromatic rings. The Bertz CT molecular complexity index is 1100. The fourth-order valence-corrected chi connectivity index (χ4v) is 6.28. The van der Waals surface area contributed by atoms with Crippen LogP contribution < -0.4 is 0 Å². The van der Waals surface area contributed by atoms with Gasteiger partial charge in [-0.3, -0.25) is 0 Å². The molecule has 0 radical (unpaired) electrons. The summed E-state index contributed by atoms with van der Waals surface area (Å²) in [6, 6.07) is 8.79. The molecule has 5 rings (SSSR count). The fourth-order valence-electron chi connectivity index (χ4n) is 5.43. The zero-order chi connectivity index (χ0) is 23.5. The molecule has 1 fully saturated rings. The van der Waals surface area contributed by atoms with Crippen LogP contribution in [0.2, 0.25) is 0 Å². The van der Waals surface area contributed by atoms with Crippen LogP contribution >= 0.6 is 24.2 Å². The van der Waals surface area contributed by atoms with Crippen molar-refractivity contribution < 1.29 is 4.52 Å². The van der Waals surface area contributed by atoms with Gasteiger partial charge in [-0.2, -0.15) is 0 Å². The molecular weight excluding hydrogens is 478 g/mol. The van der Waals surface area contributed by atoms with E-state index in [0.717, 1.165) is 66.3 Å². The minimum Gasteiger partial charge on any atom is -0.361 e. The zero-order valence-electron chi connectivity index (χ0n) is 21.2. The minimum atomic E-state index is 0. The number of rotatable bonds is 7. The van der Waals surface area contributed by atoms with Crippen LogP contribution in [0, 0.1) is 12.8 Å². The predicted octanol–water partition coefficient (Wildman–Crippen LogP) is 6.08. The molecule has 8 heteroatoms. The Morgan fingerprint density at radius 2 is 1.80 bits per heavy atom. The molecule has 1 saturated carbocycles. The highest BCUT2D eigenvalue weighted by Gasteiger charge is 2.24. The Labute approximate surface area is 219 Å². The summed E-state index contributed by atoms with van der Waals surface area (Å²) >= 11 is 1.86. The van der Waals surface area contributed by atoms with Crippen molar-refractivity contribution in [2.45, 2.75) is 69.9 Å². The van der Waals surface area contributed by atoms with Gasteiger partial charge in [0.15, 0.2) is 5.16 Å². The molecule has 2 aliphatic rings. The van der Waals surface area contributed by atoms with E-state index in [4.69, 9.17) is 4.52 Å². The van der Waals surface area contributed by atoms with E-state index in [0.29, 0.717) is 5.92 Å². The van der Waals surface area contributed by atoms with E-state index < -0.39 is 0 Å². The number of halogens is 1. The summed E-state index contributed by atoms with van der Waals surface area (Å²) in [6.07, 6.45) is 8.55. The number of aryl methyl sites for hydroxylation is 1. The van der Waals surface area contributed by atoms with Crippen molar-refractivity contribution in [2.75, 3.05) is 25.4 Å². The standard InChI is InChI=1S/C27H37N5OS.ClH/c1-19-5-7-22(8-6-19)26-28-29-27(31(26)3)34-16-4-13-32-14-11-21-9-10-24(18-23(21)12-15-32)25-17-20(2)33-30-25;/h9-10,17-19,22H,4-8,11-16H2,1-3H3;1H. The molecule has 0 N–H and O–H groups in total. The third-order valence-electron chi connectivity index (χ3n) is 7.62. The summed E-state index contributed by atoms with van der Waals surface area (Å²) in [7, 11) is 2.15. The molecule has 6 nitrogen and oxygen atoms in total. The monoisotopic (exact) mass is 515 g/mol. The number of aromatic nitrogens is 4. The van der Waals surface area contributed by atoms with Crippen LogP contribution in [0.15, 0.2) is 33.9 Å². The fraction of sp³-hybridized carbons (Fsp3) is 0.593. The second-order valence-corrected chi connectivity index (χ2v) is 11.3. The Morgan fingerprint density at radius 1 is 1.03 bits per heavy atom. The lowest BCUT2D eigenvalue weighted by molar-refractivity contribution is 0.289. The van der Waals surface area contributed by atoms with Gasteiger partial charge in [0.05, 0.1) is 0 Å². The molecule has 1 aliphatic carbocycles. The molecule has 35 heavy (non-hydrogen) atoms. The number of benzene rings is 1. The third-order valence-corrected chi connectivity index (χ3v) is 8.73. The lowest BCUT2D eigenvalue weighted by atomic mass is 9.82. The molecule has 0 spiro atoms. The average Bonchev–Trinajstić information content (AvgIpc) is 3.37. The number of thioether (sulfide) groups is 1. The summed E-state index contributed by atoms with van der Waals surface area (Å²) in [5.41, 5.74) is 5.03. The third kappa shape index (κ3) is 6.30. The largest absolute Gasteiger partial charge is 0.361 e. The minimum absolute atomic E-state index is 0. The summed E-state index contributed by atoms with van der Waals surface area (Å²) in [5, 5.41) is 14.4. The highest BCUT2D eigenvalue weighted by Crippen LogP contribution is 2.35.